The fraction of sp³-hybridized carbons (Fsp3) is 0.500. The van der Waals surface area contributed by atoms with Crippen molar-refractivity contribution in [2.45, 2.75) is 44.8 Å². The molecule has 1 aliphatic rings. The van der Waals surface area contributed by atoms with Crippen LogP contribution in [0.1, 0.15) is 25.8 Å². The number of carbonyl (C=O) groups excluding carboxylic acids is 1. The van der Waals surface area contributed by atoms with E-state index in [2.05, 4.69) is 5.92 Å². The van der Waals surface area contributed by atoms with Crippen LogP contribution in [0.25, 0.3) is 0 Å². The number of rotatable bonds is 4. The summed E-state index contributed by atoms with van der Waals surface area (Å²) >= 11 is 0. The lowest BCUT2D eigenvalue weighted by Crippen LogP contribution is -2.56. The molecule has 1 aromatic rings. The summed E-state index contributed by atoms with van der Waals surface area (Å²) in [4.78, 5) is 13.5. The van der Waals surface area contributed by atoms with E-state index in [-0.39, 0.29) is 18.1 Å². The number of hydrogen-bond donors (Lipinski definition) is 0. The highest BCUT2D eigenvalue weighted by Gasteiger charge is 2.42. The Labute approximate surface area is 137 Å². The van der Waals surface area contributed by atoms with Crippen molar-refractivity contribution in [2.75, 3.05) is 14.1 Å². The van der Waals surface area contributed by atoms with Crippen molar-refractivity contribution < 1.29 is 19.0 Å². The zero-order chi connectivity index (χ0) is 17.0. The number of ether oxygens (including phenoxy) is 3. The molecular formula is C18H23NO4. The molecule has 2 rings (SSSR count). The molecular weight excluding hydrogens is 294 g/mol. The van der Waals surface area contributed by atoms with Crippen LogP contribution in [0, 0.1) is 12.3 Å². The minimum atomic E-state index is -0.660. The molecule has 0 radical (unpaired) electrons. The maximum Gasteiger partial charge on any atom is 0.303 e. The number of esters is 1. The van der Waals surface area contributed by atoms with Gasteiger partial charge < -0.3 is 19.1 Å². The average molecular weight is 317 g/mol. The van der Waals surface area contributed by atoms with Crippen LogP contribution in [-0.4, -0.2) is 49.5 Å². The molecule has 0 N–H and O–H groups in total. The molecule has 0 spiro atoms. The molecule has 124 valence electrons. The van der Waals surface area contributed by atoms with Crippen LogP contribution in [0.4, 0.5) is 0 Å². The van der Waals surface area contributed by atoms with Crippen LogP contribution in [0.2, 0.25) is 0 Å². The van der Waals surface area contributed by atoms with E-state index in [0.29, 0.717) is 5.75 Å². The molecule has 23 heavy (non-hydrogen) atoms. The Morgan fingerprint density at radius 3 is 2.52 bits per heavy atom. The highest BCUT2D eigenvalue weighted by Crippen LogP contribution is 2.28. The van der Waals surface area contributed by atoms with Crippen molar-refractivity contribution in [2.24, 2.45) is 0 Å². The molecule has 0 aromatic heterocycles. The van der Waals surface area contributed by atoms with E-state index in [9.17, 15) is 4.79 Å². The van der Waals surface area contributed by atoms with Crippen LogP contribution >= 0.6 is 0 Å². The Morgan fingerprint density at radius 2 is 2.00 bits per heavy atom. The van der Waals surface area contributed by atoms with Gasteiger partial charge in [0.25, 0.3) is 0 Å². The van der Waals surface area contributed by atoms with Crippen LogP contribution in [-0.2, 0) is 14.3 Å². The average Bonchev–Trinajstić information content (AvgIpc) is 2.49. The summed E-state index contributed by atoms with van der Waals surface area (Å²) in [5.41, 5.74) is 0.776. The molecule has 0 unspecified atom stereocenters. The molecule has 5 nitrogen and oxygen atoms in total. The predicted octanol–water partition coefficient (Wildman–Crippen LogP) is 2.04. The summed E-state index contributed by atoms with van der Waals surface area (Å²) in [6, 6.07) is 7.19. The lowest BCUT2D eigenvalue weighted by molar-refractivity contribution is -0.229. The number of likely N-dealkylation sites (N-methyl/N-ethyl adjacent to an activating group) is 1. The van der Waals surface area contributed by atoms with Gasteiger partial charge in [-0.25, -0.2) is 0 Å². The second kappa shape index (κ2) is 7.49. The molecule has 0 aliphatic carbocycles. The topological polar surface area (TPSA) is 48.0 Å². The molecule has 1 aliphatic heterocycles. The van der Waals surface area contributed by atoms with E-state index in [0.717, 1.165) is 12.0 Å². The van der Waals surface area contributed by atoms with Gasteiger partial charge in [-0.05, 0) is 51.7 Å². The number of carbonyl (C=O) groups is 1. The highest BCUT2D eigenvalue weighted by molar-refractivity contribution is 5.66. The third-order valence-corrected chi connectivity index (χ3v) is 3.83. The number of benzene rings is 1. The first-order valence-electron chi connectivity index (χ1n) is 7.63. The summed E-state index contributed by atoms with van der Waals surface area (Å²) in [5.74, 6) is 2.83. The van der Waals surface area contributed by atoms with Gasteiger partial charge in [0.2, 0.25) is 6.29 Å². The maximum atomic E-state index is 11.5. The van der Waals surface area contributed by atoms with Crippen molar-refractivity contribution in [1.82, 2.24) is 4.90 Å². The zero-order valence-corrected chi connectivity index (χ0v) is 14.0. The third kappa shape index (κ3) is 4.47. The largest absolute Gasteiger partial charge is 0.461 e. The summed E-state index contributed by atoms with van der Waals surface area (Å²) in [5, 5.41) is 0. The fourth-order valence-corrected chi connectivity index (χ4v) is 2.71. The minimum absolute atomic E-state index is 0.00388. The molecule has 5 heteroatoms. The molecule has 0 amide bonds. The molecule has 1 heterocycles. The van der Waals surface area contributed by atoms with Gasteiger partial charge in [-0.2, -0.15) is 0 Å². The van der Waals surface area contributed by atoms with Crippen LogP contribution in [0.5, 0.6) is 5.75 Å². The standard InChI is InChI=1S/C18H23NO4/c1-6-14-7-9-15(10-8-14)23-18-17(22-13(3)20)16(19(4)5)11-12(2)21-18/h1,7-10,12,16-18H,11H2,2-5H3/t12-,16+,17-,18+/m1/s1. The second-order valence-electron chi connectivity index (χ2n) is 5.94. The predicted molar refractivity (Wildman–Crippen MR) is 87.0 cm³/mol. The van der Waals surface area contributed by atoms with Crippen LogP contribution < -0.4 is 4.74 Å². The lowest BCUT2D eigenvalue weighted by Gasteiger charge is -2.42. The van der Waals surface area contributed by atoms with E-state index in [4.69, 9.17) is 20.6 Å². The van der Waals surface area contributed by atoms with E-state index in [1.165, 1.54) is 6.92 Å². The van der Waals surface area contributed by atoms with Gasteiger partial charge in [0.1, 0.15) is 5.75 Å². The summed E-state index contributed by atoms with van der Waals surface area (Å²) in [6.45, 7) is 3.38. The van der Waals surface area contributed by atoms with Gasteiger partial charge in [-0.15, -0.1) is 6.42 Å². The Morgan fingerprint density at radius 1 is 1.35 bits per heavy atom. The number of terminal acetylenes is 1. The van der Waals surface area contributed by atoms with E-state index >= 15 is 0 Å². The van der Waals surface area contributed by atoms with Gasteiger partial charge in [0, 0.05) is 12.5 Å². The summed E-state index contributed by atoms with van der Waals surface area (Å²) < 4.78 is 17.3. The molecule has 0 bridgehead atoms. The fourth-order valence-electron chi connectivity index (χ4n) is 2.71. The van der Waals surface area contributed by atoms with Crippen molar-refractivity contribution >= 4 is 5.97 Å². The maximum absolute atomic E-state index is 11.5. The Kier molecular flexibility index (Phi) is 5.64. The Bertz CT molecular complexity index is 576. The molecule has 1 aromatic carbocycles. The van der Waals surface area contributed by atoms with Crippen molar-refractivity contribution in [3.63, 3.8) is 0 Å². The van der Waals surface area contributed by atoms with Crippen molar-refractivity contribution in [3.8, 4) is 18.1 Å². The zero-order valence-electron chi connectivity index (χ0n) is 14.0. The molecule has 4 atom stereocenters. The normalized spacial score (nSPS) is 27.3. The van der Waals surface area contributed by atoms with Crippen molar-refractivity contribution in [3.05, 3.63) is 29.8 Å². The Balaban J connectivity index is 2.20. The van der Waals surface area contributed by atoms with Gasteiger partial charge in [0.05, 0.1) is 12.1 Å². The number of hydrogen-bond acceptors (Lipinski definition) is 5. The molecule has 1 saturated heterocycles. The number of nitrogens with zero attached hydrogens (tertiary/aromatic N) is 1. The third-order valence-electron chi connectivity index (χ3n) is 3.83. The van der Waals surface area contributed by atoms with E-state index in [1.807, 2.05) is 25.9 Å². The summed E-state index contributed by atoms with van der Waals surface area (Å²) in [6.07, 6.45) is 4.97. The first kappa shape index (κ1) is 17.3. The van der Waals surface area contributed by atoms with Gasteiger partial charge in [-0.3, -0.25) is 4.79 Å². The molecule has 1 fully saturated rings. The first-order valence-corrected chi connectivity index (χ1v) is 7.63. The first-order chi connectivity index (χ1) is 10.9. The monoisotopic (exact) mass is 317 g/mol. The smallest absolute Gasteiger partial charge is 0.303 e. The van der Waals surface area contributed by atoms with Crippen LogP contribution in [0.3, 0.4) is 0 Å². The van der Waals surface area contributed by atoms with Crippen molar-refractivity contribution in [1.29, 1.82) is 0 Å². The highest BCUT2D eigenvalue weighted by atomic mass is 16.7. The Hall–Kier alpha value is -2.03. The molecule has 0 saturated carbocycles. The lowest BCUT2D eigenvalue weighted by atomic mass is 9.99. The second-order valence-corrected chi connectivity index (χ2v) is 5.94. The van der Waals surface area contributed by atoms with E-state index in [1.54, 1.807) is 24.3 Å². The summed E-state index contributed by atoms with van der Waals surface area (Å²) in [7, 11) is 3.91. The minimum Gasteiger partial charge on any atom is -0.461 e. The van der Waals surface area contributed by atoms with E-state index < -0.39 is 12.4 Å². The van der Waals surface area contributed by atoms with Crippen LogP contribution in [0.15, 0.2) is 24.3 Å². The van der Waals surface area contributed by atoms with Gasteiger partial charge in [0.15, 0.2) is 6.10 Å². The van der Waals surface area contributed by atoms with Gasteiger partial charge in [-0.1, -0.05) is 5.92 Å². The van der Waals surface area contributed by atoms with Gasteiger partial charge >= 0.3 is 5.97 Å². The SMILES string of the molecule is C#Cc1ccc(O[C@@H]2O[C@H](C)C[C@H](N(C)C)[C@H]2OC(C)=O)cc1. The quantitative estimate of drug-likeness (QED) is 0.628.